The molecule has 31 heavy (non-hydrogen) atoms. The number of urea groups is 1. The third kappa shape index (κ3) is 4.25. The Balaban J connectivity index is 1.62. The van der Waals surface area contributed by atoms with Crippen molar-refractivity contribution in [2.45, 2.75) is 25.3 Å². The topological polar surface area (TPSA) is 45.2 Å². The van der Waals surface area contributed by atoms with Gasteiger partial charge in [-0.25, -0.2) is 4.79 Å². The summed E-state index contributed by atoms with van der Waals surface area (Å²) in [6.45, 7) is 2.28. The van der Waals surface area contributed by atoms with Crippen molar-refractivity contribution in [3.8, 4) is 11.1 Å². The number of fused-ring (bicyclic) bond motifs is 1. The summed E-state index contributed by atoms with van der Waals surface area (Å²) in [5.74, 6) is -0.0190. The molecule has 4 nitrogen and oxygen atoms in total. The van der Waals surface area contributed by atoms with Crippen molar-refractivity contribution >= 4 is 30.0 Å². The van der Waals surface area contributed by atoms with Crippen LogP contribution in [-0.2, 0) is 18.3 Å². The maximum absolute atomic E-state index is 13.5. The van der Waals surface area contributed by atoms with Crippen LogP contribution in [0.5, 0.6) is 0 Å². The second-order valence-electron chi connectivity index (χ2n) is 7.40. The molecule has 1 aliphatic rings. The highest BCUT2D eigenvalue weighted by atomic mass is 32.1. The minimum Gasteiger partial charge on any atom is -0.308 e. The quantitative estimate of drug-likeness (QED) is 0.481. The molecule has 160 valence electrons. The molecule has 4 rings (SSSR count). The summed E-state index contributed by atoms with van der Waals surface area (Å²) in [6.07, 6.45) is -0.587. The third-order valence-corrected chi connectivity index (χ3v) is 5.72. The number of pyridine rings is 1. The minimum atomic E-state index is -4.51. The molecule has 1 N–H and O–H groups in total. The number of carbonyl (C=O) groups excluding carboxylic acids is 1. The number of amides is 2. The van der Waals surface area contributed by atoms with Gasteiger partial charge in [-0.3, -0.25) is 9.88 Å². The van der Waals surface area contributed by atoms with Crippen LogP contribution in [0.15, 0.2) is 54.9 Å². The van der Waals surface area contributed by atoms with Crippen LogP contribution in [0.3, 0.4) is 0 Å². The van der Waals surface area contributed by atoms with E-state index in [4.69, 9.17) is 0 Å². The lowest BCUT2D eigenvalue weighted by atomic mass is 10.0. The van der Waals surface area contributed by atoms with Gasteiger partial charge in [0.1, 0.15) is 0 Å². The second kappa shape index (κ2) is 8.26. The molecular formula is C23H20F3N3OS. The molecule has 3 aromatic rings. The van der Waals surface area contributed by atoms with Crippen LogP contribution in [0.4, 0.5) is 29.3 Å². The number of alkyl halides is 3. The SMILES string of the molecule is Cc1ccc(NC(=O)N2CCc3cc(CS)c(C(F)(F)F)cc32)cc1-c1cccnc1. The van der Waals surface area contributed by atoms with E-state index in [1.807, 2.05) is 31.2 Å². The normalized spacial score (nSPS) is 13.3. The first-order valence-electron chi connectivity index (χ1n) is 9.71. The maximum Gasteiger partial charge on any atom is 0.416 e. The molecule has 2 aromatic carbocycles. The third-order valence-electron chi connectivity index (χ3n) is 5.38. The summed E-state index contributed by atoms with van der Waals surface area (Å²) in [6, 6.07) is 11.4. The zero-order valence-electron chi connectivity index (χ0n) is 16.7. The van der Waals surface area contributed by atoms with Crippen molar-refractivity contribution in [3.05, 3.63) is 77.1 Å². The zero-order chi connectivity index (χ0) is 22.2. The van der Waals surface area contributed by atoms with Gasteiger partial charge in [-0.2, -0.15) is 25.8 Å². The van der Waals surface area contributed by atoms with Crippen molar-refractivity contribution in [1.29, 1.82) is 0 Å². The van der Waals surface area contributed by atoms with E-state index in [9.17, 15) is 18.0 Å². The fourth-order valence-electron chi connectivity index (χ4n) is 3.82. The standard InChI is InChI=1S/C23H20F3N3OS/c1-14-4-5-18(10-19(14)16-3-2-7-27-12-16)28-22(30)29-8-6-15-9-17(13-31)20(11-21(15)29)23(24,25)26/h2-5,7,9-12,31H,6,8,13H2,1H3,(H,28,30). The average Bonchev–Trinajstić information content (AvgIpc) is 3.17. The smallest absolute Gasteiger partial charge is 0.308 e. The number of anilines is 2. The molecule has 0 aliphatic carbocycles. The second-order valence-corrected chi connectivity index (χ2v) is 7.71. The fourth-order valence-corrected chi connectivity index (χ4v) is 4.08. The molecule has 0 saturated carbocycles. The van der Waals surface area contributed by atoms with Crippen LogP contribution in [0.1, 0.15) is 22.3 Å². The summed E-state index contributed by atoms with van der Waals surface area (Å²) in [5.41, 5.74) is 3.79. The number of halogens is 3. The Labute approximate surface area is 183 Å². The highest BCUT2D eigenvalue weighted by Gasteiger charge is 2.36. The predicted octanol–water partition coefficient (Wildman–Crippen LogP) is 6.10. The fraction of sp³-hybridized carbons (Fsp3) is 0.217. The van der Waals surface area contributed by atoms with Crippen LogP contribution in [0.2, 0.25) is 0 Å². The van der Waals surface area contributed by atoms with Gasteiger partial charge in [0.05, 0.1) is 5.56 Å². The molecule has 0 fully saturated rings. The maximum atomic E-state index is 13.5. The van der Waals surface area contributed by atoms with Gasteiger partial charge in [0.25, 0.3) is 0 Å². The largest absolute Gasteiger partial charge is 0.416 e. The Morgan fingerprint density at radius 3 is 2.71 bits per heavy atom. The monoisotopic (exact) mass is 443 g/mol. The number of nitrogens with one attached hydrogen (secondary N) is 1. The molecule has 1 aliphatic heterocycles. The first-order valence-corrected chi connectivity index (χ1v) is 10.3. The predicted molar refractivity (Wildman–Crippen MR) is 119 cm³/mol. The van der Waals surface area contributed by atoms with Crippen molar-refractivity contribution in [3.63, 3.8) is 0 Å². The van der Waals surface area contributed by atoms with Crippen LogP contribution in [0.25, 0.3) is 11.1 Å². The summed E-state index contributed by atoms with van der Waals surface area (Å²) in [5, 5.41) is 2.82. The van der Waals surface area contributed by atoms with Gasteiger partial charge in [0, 0.05) is 41.6 Å². The van der Waals surface area contributed by atoms with Gasteiger partial charge in [0.15, 0.2) is 0 Å². The van der Waals surface area contributed by atoms with Gasteiger partial charge in [-0.1, -0.05) is 18.2 Å². The number of hydrogen-bond acceptors (Lipinski definition) is 3. The summed E-state index contributed by atoms with van der Waals surface area (Å²) < 4.78 is 40.4. The molecule has 0 saturated heterocycles. The molecule has 0 bridgehead atoms. The van der Waals surface area contributed by atoms with Gasteiger partial charge >= 0.3 is 12.2 Å². The number of nitrogens with zero attached hydrogens (tertiary/aromatic N) is 2. The number of aromatic nitrogens is 1. The van der Waals surface area contributed by atoms with Crippen molar-refractivity contribution in [2.75, 3.05) is 16.8 Å². The first kappa shape index (κ1) is 21.2. The molecule has 0 radical (unpaired) electrons. The summed E-state index contributed by atoms with van der Waals surface area (Å²) in [4.78, 5) is 18.4. The van der Waals surface area contributed by atoms with Crippen molar-refractivity contribution < 1.29 is 18.0 Å². The Morgan fingerprint density at radius 1 is 1.23 bits per heavy atom. The van der Waals surface area contributed by atoms with Crippen molar-refractivity contribution in [2.24, 2.45) is 0 Å². The average molecular weight is 443 g/mol. The number of carbonyl (C=O) groups is 1. The number of rotatable bonds is 3. The summed E-state index contributed by atoms with van der Waals surface area (Å²) >= 11 is 4.03. The number of thiol groups is 1. The Hall–Kier alpha value is -3.00. The molecule has 2 heterocycles. The molecule has 2 amide bonds. The number of aryl methyl sites for hydroxylation is 1. The highest BCUT2D eigenvalue weighted by molar-refractivity contribution is 7.79. The van der Waals surface area contributed by atoms with E-state index in [0.29, 0.717) is 24.2 Å². The van der Waals surface area contributed by atoms with Gasteiger partial charge in [-0.15, -0.1) is 0 Å². The van der Waals surface area contributed by atoms with E-state index in [1.54, 1.807) is 18.5 Å². The molecule has 0 spiro atoms. The van der Waals surface area contributed by atoms with E-state index >= 15 is 0 Å². The molecule has 8 heteroatoms. The van der Waals surface area contributed by atoms with E-state index in [1.165, 1.54) is 11.0 Å². The number of benzene rings is 2. The Kier molecular flexibility index (Phi) is 5.66. The lowest BCUT2D eigenvalue weighted by Gasteiger charge is -2.21. The lowest BCUT2D eigenvalue weighted by Crippen LogP contribution is -2.33. The van der Waals surface area contributed by atoms with Gasteiger partial charge < -0.3 is 5.32 Å². The minimum absolute atomic E-state index is 0.0190. The molecule has 1 aromatic heterocycles. The molecular weight excluding hydrogens is 423 g/mol. The van der Waals surface area contributed by atoms with Crippen molar-refractivity contribution in [1.82, 2.24) is 4.98 Å². The Morgan fingerprint density at radius 2 is 2.03 bits per heavy atom. The van der Waals surface area contributed by atoms with E-state index < -0.39 is 17.8 Å². The zero-order valence-corrected chi connectivity index (χ0v) is 17.6. The van der Waals surface area contributed by atoms with Crippen LogP contribution in [-0.4, -0.2) is 17.6 Å². The van der Waals surface area contributed by atoms with Crippen LogP contribution in [0, 0.1) is 6.92 Å². The first-order chi connectivity index (χ1) is 14.8. The molecule has 0 atom stereocenters. The van der Waals surface area contributed by atoms with E-state index in [2.05, 4.69) is 22.9 Å². The van der Waals surface area contributed by atoms with Gasteiger partial charge in [0.2, 0.25) is 0 Å². The van der Waals surface area contributed by atoms with E-state index in [0.717, 1.165) is 22.8 Å². The molecule has 0 unspecified atom stereocenters. The van der Waals surface area contributed by atoms with E-state index in [-0.39, 0.29) is 17.0 Å². The highest BCUT2D eigenvalue weighted by Crippen LogP contribution is 2.39. The van der Waals surface area contributed by atoms with Gasteiger partial charge in [-0.05, 0) is 59.9 Å². The lowest BCUT2D eigenvalue weighted by molar-refractivity contribution is -0.138. The summed E-state index contributed by atoms with van der Waals surface area (Å²) in [7, 11) is 0. The number of hydrogen-bond donors (Lipinski definition) is 2. The van der Waals surface area contributed by atoms with Crippen LogP contribution >= 0.6 is 12.6 Å². The van der Waals surface area contributed by atoms with Crippen LogP contribution < -0.4 is 10.2 Å². The Bertz CT molecular complexity index is 1130.